The van der Waals surface area contributed by atoms with Crippen LogP contribution in [0, 0.1) is 0 Å². The number of rotatable bonds is 4. The highest BCUT2D eigenvalue weighted by Crippen LogP contribution is 2.22. The van der Waals surface area contributed by atoms with Gasteiger partial charge in [0.15, 0.2) is 5.65 Å². The molecule has 0 spiro atoms. The number of hydrogen-bond donors (Lipinski definition) is 2. The molecule has 0 fully saturated rings. The second kappa shape index (κ2) is 9.19. The number of aromatic nitrogens is 5. The number of amides is 2. The van der Waals surface area contributed by atoms with Crippen LogP contribution in [0.5, 0.6) is 0 Å². The smallest absolute Gasteiger partial charge is 0.308 e. The van der Waals surface area contributed by atoms with Crippen molar-refractivity contribution in [1.29, 1.82) is 0 Å². The zero-order chi connectivity index (χ0) is 24.3. The fourth-order valence-electron chi connectivity index (χ4n) is 3.83. The lowest BCUT2D eigenvalue weighted by atomic mass is 10.1. The van der Waals surface area contributed by atoms with Gasteiger partial charge in [-0.05, 0) is 30.3 Å². The number of nitrogens with zero attached hydrogens (tertiary/aromatic N) is 5. The van der Waals surface area contributed by atoms with Crippen molar-refractivity contribution < 1.29 is 4.79 Å². The fourth-order valence-corrected chi connectivity index (χ4v) is 3.83. The van der Waals surface area contributed by atoms with E-state index in [0.29, 0.717) is 33.9 Å². The van der Waals surface area contributed by atoms with Gasteiger partial charge in [-0.25, -0.2) is 19.7 Å². The average Bonchev–Trinajstić information content (AvgIpc) is 2.93. The zero-order valence-corrected chi connectivity index (χ0v) is 19.0. The number of carbonyl (C=O) groups is 1. The Morgan fingerprint density at radius 1 is 0.583 bits per heavy atom. The highest BCUT2D eigenvalue weighted by atomic mass is 16.2. The first-order chi connectivity index (χ1) is 17.7. The first kappa shape index (κ1) is 21.3. The SMILES string of the molecule is O=C(Nc1ccc2ncc(-c3ccccc3)nc2c1)Nc1ccc2ncc(-c3ccccc3)nc2n1. The summed E-state index contributed by atoms with van der Waals surface area (Å²) in [6, 6.07) is 28.0. The molecule has 0 aliphatic heterocycles. The molecular formula is C28H19N7O. The predicted octanol–water partition coefficient (Wildman–Crippen LogP) is 5.95. The summed E-state index contributed by atoms with van der Waals surface area (Å²) in [4.78, 5) is 35.4. The minimum atomic E-state index is -0.430. The Kier molecular flexibility index (Phi) is 5.44. The molecule has 0 saturated carbocycles. The molecule has 3 heterocycles. The van der Waals surface area contributed by atoms with Gasteiger partial charge in [0.25, 0.3) is 0 Å². The molecule has 6 aromatic rings. The van der Waals surface area contributed by atoms with Crippen LogP contribution >= 0.6 is 0 Å². The largest absolute Gasteiger partial charge is 0.324 e. The Balaban J connectivity index is 1.21. The van der Waals surface area contributed by atoms with Crippen LogP contribution in [0.15, 0.2) is 103 Å². The van der Waals surface area contributed by atoms with Gasteiger partial charge in [0, 0.05) is 16.8 Å². The first-order valence-corrected chi connectivity index (χ1v) is 11.3. The third kappa shape index (κ3) is 4.43. The molecule has 0 radical (unpaired) electrons. The number of fused-ring (bicyclic) bond motifs is 2. The second-order valence-electron chi connectivity index (χ2n) is 8.06. The third-order valence-corrected chi connectivity index (χ3v) is 5.59. The van der Waals surface area contributed by atoms with Gasteiger partial charge in [0.2, 0.25) is 0 Å². The van der Waals surface area contributed by atoms with E-state index in [1.54, 1.807) is 36.7 Å². The van der Waals surface area contributed by atoms with Gasteiger partial charge in [0.05, 0.1) is 34.8 Å². The van der Waals surface area contributed by atoms with Gasteiger partial charge in [-0.1, -0.05) is 60.7 Å². The minimum absolute atomic E-state index is 0.367. The number of hydrogen-bond acceptors (Lipinski definition) is 6. The van der Waals surface area contributed by atoms with Gasteiger partial charge in [-0.15, -0.1) is 0 Å². The Hall–Kier alpha value is -5.24. The maximum Gasteiger partial charge on any atom is 0.324 e. The van der Waals surface area contributed by atoms with Crippen LogP contribution in [0.25, 0.3) is 44.7 Å². The van der Waals surface area contributed by atoms with Crippen molar-refractivity contribution in [2.24, 2.45) is 0 Å². The number of anilines is 2. The molecule has 0 unspecified atom stereocenters. The van der Waals surface area contributed by atoms with Crippen LogP contribution in [-0.4, -0.2) is 31.0 Å². The zero-order valence-electron chi connectivity index (χ0n) is 19.0. The van der Waals surface area contributed by atoms with Crippen molar-refractivity contribution in [3.63, 3.8) is 0 Å². The van der Waals surface area contributed by atoms with E-state index in [1.165, 1.54) is 0 Å². The van der Waals surface area contributed by atoms with Crippen LogP contribution in [0.1, 0.15) is 0 Å². The predicted molar refractivity (Wildman–Crippen MR) is 140 cm³/mol. The third-order valence-electron chi connectivity index (χ3n) is 5.59. The Morgan fingerprint density at radius 3 is 1.94 bits per heavy atom. The molecule has 0 saturated heterocycles. The van der Waals surface area contributed by atoms with Gasteiger partial charge in [-0.3, -0.25) is 15.3 Å². The molecule has 6 rings (SSSR count). The second-order valence-corrected chi connectivity index (χ2v) is 8.06. The van der Waals surface area contributed by atoms with Crippen LogP contribution in [0.3, 0.4) is 0 Å². The van der Waals surface area contributed by atoms with E-state index in [-0.39, 0.29) is 0 Å². The van der Waals surface area contributed by atoms with Crippen molar-refractivity contribution in [3.8, 4) is 22.5 Å². The molecule has 3 aromatic heterocycles. The van der Waals surface area contributed by atoms with E-state index in [1.807, 2.05) is 66.7 Å². The molecule has 8 heteroatoms. The van der Waals surface area contributed by atoms with Gasteiger partial charge >= 0.3 is 6.03 Å². The van der Waals surface area contributed by atoms with E-state index in [9.17, 15) is 4.79 Å². The van der Waals surface area contributed by atoms with Crippen LogP contribution in [0.2, 0.25) is 0 Å². The van der Waals surface area contributed by atoms with Crippen molar-refractivity contribution >= 4 is 39.7 Å². The lowest BCUT2D eigenvalue weighted by Gasteiger charge is -2.09. The number of carbonyl (C=O) groups excluding carboxylic acids is 1. The molecule has 36 heavy (non-hydrogen) atoms. The number of nitrogens with one attached hydrogen (secondary N) is 2. The number of urea groups is 1. The van der Waals surface area contributed by atoms with Gasteiger partial charge in [0.1, 0.15) is 11.3 Å². The van der Waals surface area contributed by atoms with Crippen molar-refractivity contribution in [3.05, 3.63) is 103 Å². The van der Waals surface area contributed by atoms with Gasteiger partial charge < -0.3 is 5.32 Å². The van der Waals surface area contributed by atoms with Crippen molar-refractivity contribution in [1.82, 2.24) is 24.9 Å². The molecular weight excluding hydrogens is 450 g/mol. The lowest BCUT2D eigenvalue weighted by molar-refractivity contribution is 0.262. The van der Waals surface area contributed by atoms with E-state index in [2.05, 4.69) is 30.6 Å². The summed E-state index contributed by atoms with van der Waals surface area (Å²) in [7, 11) is 0. The van der Waals surface area contributed by atoms with Crippen LogP contribution in [0.4, 0.5) is 16.3 Å². The summed E-state index contributed by atoms with van der Waals surface area (Å²) in [5, 5.41) is 5.60. The molecule has 8 nitrogen and oxygen atoms in total. The number of benzene rings is 3. The lowest BCUT2D eigenvalue weighted by Crippen LogP contribution is -2.20. The highest BCUT2D eigenvalue weighted by molar-refractivity contribution is 6.00. The van der Waals surface area contributed by atoms with E-state index >= 15 is 0 Å². The first-order valence-electron chi connectivity index (χ1n) is 11.3. The van der Waals surface area contributed by atoms with E-state index in [4.69, 9.17) is 4.98 Å². The molecule has 0 bridgehead atoms. The highest BCUT2D eigenvalue weighted by Gasteiger charge is 2.09. The summed E-state index contributed by atoms with van der Waals surface area (Å²) in [5.41, 5.74) is 6.50. The normalized spacial score (nSPS) is 10.9. The Labute approximate surface area is 206 Å². The molecule has 0 aliphatic carbocycles. The molecule has 2 amide bonds. The summed E-state index contributed by atoms with van der Waals surface area (Å²) < 4.78 is 0. The van der Waals surface area contributed by atoms with E-state index in [0.717, 1.165) is 22.3 Å². The minimum Gasteiger partial charge on any atom is -0.308 e. The quantitative estimate of drug-likeness (QED) is 0.331. The maximum absolute atomic E-state index is 12.7. The Morgan fingerprint density at radius 2 is 1.22 bits per heavy atom. The van der Waals surface area contributed by atoms with Gasteiger partial charge in [-0.2, -0.15) is 0 Å². The summed E-state index contributed by atoms with van der Waals surface area (Å²) in [6.07, 6.45) is 3.46. The molecule has 0 aliphatic rings. The summed E-state index contributed by atoms with van der Waals surface area (Å²) >= 11 is 0. The average molecular weight is 470 g/mol. The Bertz CT molecular complexity index is 1580. The van der Waals surface area contributed by atoms with Crippen LogP contribution < -0.4 is 10.6 Å². The topological polar surface area (TPSA) is 106 Å². The number of pyridine rings is 1. The summed E-state index contributed by atoms with van der Waals surface area (Å²) in [5.74, 6) is 0.367. The standard InChI is InChI=1S/C28H19N7O/c36-28(31-20-11-12-21-23(15-20)32-24(16-29-21)18-7-3-1-4-8-18)35-26-14-13-22-27(34-26)33-25(17-30-22)19-9-5-2-6-10-19/h1-17H,(H2,31,33,34,35,36). The molecule has 3 aromatic carbocycles. The van der Waals surface area contributed by atoms with Crippen LogP contribution in [-0.2, 0) is 0 Å². The fraction of sp³-hybridized carbons (Fsp3) is 0. The van der Waals surface area contributed by atoms with Crippen molar-refractivity contribution in [2.45, 2.75) is 0 Å². The molecule has 0 atom stereocenters. The molecule has 172 valence electrons. The van der Waals surface area contributed by atoms with Crippen molar-refractivity contribution in [2.75, 3.05) is 10.6 Å². The monoisotopic (exact) mass is 469 g/mol. The van der Waals surface area contributed by atoms with E-state index < -0.39 is 6.03 Å². The molecule has 2 N–H and O–H groups in total. The summed E-state index contributed by atoms with van der Waals surface area (Å²) in [6.45, 7) is 0. The maximum atomic E-state index is 12.7.